The zero-order valence-electron chi connectivity index (χ0n) is 19.3. The van der Waals surface area contributed by atoms with Gasteiger partial charge in [-0.05, 0) is 38.1 Å². The van der Waals surface area contributed by atoms with Gasteiger partial charge in [0.25, 0.3) is 0 Å². The van der Waals surface area contributed by atoms with Crippen LogP contribution in [0.5, 0.6) is 11.5 Å². The molecule has 32 heavy (non-hydrogen) atoms. The lowest BCUT2D eigenvalue weighted by atomic mass is 10.3. The molecule has 2 aromatic rings. The second-order valence-corrected chi connectivity index (χ2v) is 7.69. The van der Waals surface area contributed by atoms with Gasteiger partial charge >= 0.3 is 0 Å². The summed E-state index contributed by atoms with van der Waals surface area (Å²) in [6.45, 7) is 8.57. The summed E-state index contributed by atoms with van der Waals surface area (Å²) < 4.78 is 11.3. The molecule has 0 saturated carbocycles. The summed E-state index contributed by atoms with van der Waals surface area (Å²) >= 11 is 0. The molecule has 1 saturated heterocycles. The van der Waals surface area contributed by atoms with Crippen molar-refractivity contribution in [2.24, 2.45) is 4.99 Å². The van der Waals surface area contributed by atoms with Crippen LogP contribution in [0, 0.1) is 0 Å². The molecular weight excluding hydrogens is 406 g/mol. The number of guanidine groups is 1. The Morgan fingerprint density at radius 2 is 1.78 bits per heavy atom. The topological polar surface area (TPSA) is 87.1 Å². The first kappa shape index (κ1) is 23.6. The van der Waals surface area contributed by atoms with Crippen LogP contribution < -0.4 is 25.0 Å². The van der Waals surface area contributed by atoms with Crippen LogP contribution in [-0.2, 0) is 0 Å². The summed E-state index contributed by atoms with van der Waals surface area (Å²) in [6, 6.07) is 9.52. The van der Waals surface area contributed by atoms with Gasteiger partial charge in [0.1, 0.15) is 6.10 Å². The van der Waals surface area contributed by atoms with Crippen molar-refractivity contribution < 1.29 is 9.47 Å². The second kappa shape index (κ2) is 12.7. The molecule has 1 fully saturated rings. The van der Waals surface area contributed by atoms with Gasteiger partial charge in [-0.2, -0.15) is 0 Å². The highest BCUT2D eigenvalue weighted by Crippen LogP contribution is 2.26. The number of piperazine rings is 1. The number of nitrogens with one attached hydrogen (secondary N) is 2. The zero-order valence-corrected chi connectivity index (χ0v) is 19.3. The zero-order chi connectivity index (χ0) is 22.6. The Hall–Kier alpha value is -3.07. The third-order valence-electron chi connectivity index (χ3n) is 5.33. The van der Waals surface area contributed by atoms with Crippen LogP contribution in [-0.4, -0.2) is 86.9 Å². The number of para-hydroxylation sites is 2. The standard InChI is InChI=1S/C23H35N7O2/c1-19(32-21-9-5-4-8-20(21)31-3)18-28-22(24-2)25-12-7-13-29-14-16-30(17-15-29)23-26-10-6-11-27-23/h4-6,8-11,19H,7,12-18H2,1-3H3,(H2,24,25,28). The molecule has 1 aliphatic heterocycles. The van der Waals surface area contributed by atoms with Crippen molar-refractivity contribution in [3.8, 4) is 11.5 Å². The minimum atomic E-state index is -0.0326. The molecule has 1 atom stereocenters. The lowest BCUT2D eigenvalue weighted by Crippen LogP contribution is -2.48. The van der Waals surface area contributed by atoms with E-state index in [0.29, 0.717) is 6.54 Å². The van der Waals surface area contributed by atoms with Gasteiger partial charge in [-0.15, -0.1) is 0 Å². The predicted octanol–water partition coefficient (Wildman–Crippen LogP) is 1.63. The summed E-state index contributed by atoms with van der Waals surface area (Å²) in [4.78, 5) is 17.7. The summed E-state index contributed by atoms with van der Waals surface area (Å²) in [6.07, 6.45) is 4.62. The number of aliphatic imine (C=N–C) groups is 1. The first-order valence-corrected chi connectivity index (χ1v) is 11.2. The molecule has 2 heterocycles. The highest BCUT2D eigenvalue weighted by molar-refractivity contribution is 5.79. The molecule has 1 aromatic heterocycles. The molecule has 174 valence electrons. The maximum absolute atomic E-state index is 5.99. The normalized spacial score (nSPS) is 15.8. The maximum atomic E-state index is 5.99. The van der Waals surface area contributed by atoms with Gasteiger partial charge in [-0.1, -0.05) is 12.1 Å². The second-order valence-electron chi connectivity index (χ2n) is 7.69. The molecule has 9 heteroatoms. The van der Waals surface area contributed by atoms with E-state index in [1.165, 1.54) is 0 Å². The molecule has 3 rings (SSSR count). The van der Waals surface area contributed by atoms with Gasteiger partial charge in [0.2, 0.25) is 5.95 Å². The lowest BCUT2D eigenvalue weighted by Gasteiger charge is -2.34. The summed E-state index contributed by atoms with van der Waals surface area (Å²) in [7, 11) is 3.43. The molecule has 0 bridgehead atoms. The Balaban J connectivity index is 1.30. The van der Waals surface area contributed by atoms with Gasteiger partial charge < -0.3 is 25.0 Å². The van der Waals surface area contributed by atoms with E-state index in [1.54, 1.807) is 26.6 Å². The van der Waals surface area contributed by atoms with Crippen molar-refractivity contribution in [2.45, 2.75) is 19.4 Å². The number of rotatable bonds is 10. The molecular formula is C23H35N7O2. The van der Waals surface area contributed by atoms with E-state index < -0.39 is 0 Å². The summed E-state index contributed by atoms with van der Waals surface area (Å²) in [5.41, 5.74) is 0. The number of hydrogen-bond acceptors (Lipinski definition) is 7. The van der Waals surface area contributed by atoms with Gasteiger partial charge in [-0.25, -0.2) is 9.97 Å². The Morgan fingerprint density at radius 3 is 2.47 bits per heavy atom. The van der Waals surface area contributed by atoms with Gasteiger partial charge in [0, 0.05) is 52.2 Å². The summed E-state index contributed by atoms with van der Waals surface area (Å²) in [5, 5.41) is 6.72. The molecule has 0 spiro atoms. The minimum absolute atomic E-state index is 0.0326. The van der Waals surface area contributed by atoms with Crippen molar-refractivity contribution >= 4 is 11.9 Å². The van der Waals surface area contributed by atoms with Crippen LogP contribution in [0.2, 0.25) is 0 Å². The number of hydrogen-bond donors (Lipinski definition) is 2. The molecule has 1 unspecified atom stereocenters. The first-order valence-electron chi connectivity index (χ1n) is 11.2. The average molecular weight is 442 g/mol. The van der Waals surface area contributed by atoms with E-state index in [2.05, 4.69) is 35.4 Å². The quantitative estimate of drug-likeness (QED) is 0.327. The maximum Gasteiger partial charge on any atom is 0.225 e. The average Bonchev–Trinajstić information content (AvgIpc) is 2.85. The van der Waals surface area contributed by atoms with Crippen LogP contribution in [0.4, 0.5) is 5.95 Å². The molecule has 2 N–H and O–H groups in total. The highest BCUT2D eigenvalue weighted by atomic mass is 16.5. The van der Waals surface area contributed by atoms with Crippen molar-refractivity contribution in [3.05, 3.63) is 42.7 Å². The number of anilines is 1. The molecule has 0 amide bonds. The summed E-state index contributed by atoms with van der Waals surface area (Å²) in [5.74, 6) is 3.09. The van der Waals surface area contributed by atoms with Crippen molar-refractivity contribution in [1.82, 2.24) is 25.5 Å². The van der Waals surface area contributed by atoms with Crippen LogP contribution >= 0.6 is 0 Å². The number of methoxy groups -OCH3 is 1. The van der Waals surface area contributed by atoms with E-state index in [4.69, 9.17) is 9.47 Å². The Bertz CT molecular complexity index is 826. The molecule has 1 aromatic carbocycles. The van der Waals surface area contributed by atoms with E-state index in [1.807, 2.05) is 37.3 Å². The van der Waals surface area contributed by atoms with Gasteiger partial charge in [-0.3, -0.25) is 9.89 Å². The Labute approximate surface area is 190 Å². The van der Waals surface area contributed by atoms with Crippen molar-refractivity contribution in [3.63, 3.8) is 0 Å². The number of aromatic nitrogens is 2. The number of nitrogens with zero attached hydrogens (tertiary/aromatic N) is 5. The highest BCUT2D eigenvalue weighted by Gasteiger charge is 2.18. The van der Waals surface area contributed by atoms with E-state index in [-0.39, 0.29) is 6.10 Å². The smallest absolute Gasteiger partial charge is 0.225 e. The van der Waals surface area contributed by atoms with Crippen molar-refractivity contribution in [2.75, 3.05) is 64.9 Å². The Kier molecular flexibility index (Phi) is 9.37. The van der Waals surface area contributed by atoms with E-state index >= 15 is 0 Å². The van der Waals surface area contributed by atoms with Crippen LogP contribution in [0.25, 0.3) is 0 Å². The predicted molar refractivity (Wildman–Crippen MR) is 128 cm³/mol. The number of ether oxygens (including phenoxy) is 2. The van der Waals surface area contributed by atoms with E-state index in [0.717, 1.165) is 69.1 Å². The first-order chi connectivity index (χ1) is 15.7. The van der Waals surface area contributed by atoms with Crippen LogP contribution in [0.15, 0.2) is 47.7 Å². The molecule has 9 nitrogen and oxygen atoms in total. The molecule has 1 aliphatic rings. The lowest BCUT2D eigenvalue weighted by molar-refractivity contribution is 0.213. The third-order valence-corrected chi connectivity index (χ3v) is 5.33. The van der Waals surface area contributed by atoms with E-state index in [9.17, 15) is 0 Å². The van der Waals surface area contributed by atoms with Gasteiger partial charge in [0.15, 0.2) is 17.5 Å². The van der Waals surface area contributed by atoms with Gasteiger partial charge in [0.05, 0.1) is 13.7 Å². The minimum Gasteiger partial charge on any atom is -0.493 e. The Morgan fingerprint density at radius 1 is 1.06 bits per heavy atom. The fraction of sp³-hybridized carbons (Fsp3) is 0.522. The largest absolute Gasteiger partial charge is 0.493 e. The third kappa shape index (κ3) is 7.26. The molecule has 0 aliphatic carbocycles. The fourth-order valence-electron chi connectivity index (χ4n) is 3.57. The SMILES string of the molecule is CN=C(NCCCN1CCN(c2ncccn2)CC1)NCC(C)Oc1ccccc1OC. The monoisotopic (exact) mass is 441 g/mol. The van der Waals surface area contributed by atoms with Crippen LogP contribution in [0.1, 0.15) is 13.3 Å². The van der Waals surface area contributed by atoms with Crippen molar-refractivity contribution in [1.29, 1.82) is 0 Å². The fourth-order valence-corrected chi connectivity index (χ4v) is 3.57. The van der Waals surface area contributed by atoms with Crippen LogP contribution in [0.3, 0.4) is 0 Å². The number of benzene rings is 1. The molecule has 0 radical (unpaired) electrons.